The summed E-state index contributed by atoms with van der Waals surface area (Å²) in [5, 5.41) is 6.29. The fourth-order valence-corrected chi connectivity index (χ4v) is 3.60. The van der Waals surface area contributed by atoms with Gasteiger partial charge in [0.05, 0.1) is 5.56 Å². The average molecular weight is 344 g/mol. The van der Waals surface area contributed by atoms with Crippen LogP contribution in [-0.2, 0) is 6.61 Å². The number of benzene rings is 2. The van der Waals surface area contributed by atoms with Crippen LogP contribution in [-0.4, -0.2) is 25.5 Å². The number of ether oxygens (including phenoxy) is 1. The second kappa shape index (κ2) is 6.44. The van der Waals surface area contributed by atoms with Crippen LogP contribution in [0.3, 0.4) is 0 Å². The Morgan fingerprint density at radius 3 is 2.68 bits per heavy atom. The molecule has 0 bridgehead atoms. The molecule has 0 aliphatic carbocycles. The quantitative estimate of drug-likeness (QED) is 0.900. The lowest BCUT2D eigenvalue weighted by Gasteiger charge is -2.17. The van der Waals surface area contributed by atoms with Crippen LogP contribution in [0.2, 0.25) is 0 Å². The van der Waals surface area contributed by atoms with Gasteiger partial charge >= 0.3 is 0 Å². The molecule has 1 fully saturated rings. The van der Waals surface area contributed by atoms with Crippen LogP contribution in [0.5, 0.6) is 5.75 Å². The third-order valence-electron chi connectivity index (χ3n) is 4.98. The fraction of sp³-hybridized carbons (Fsp3) is 0.316. The van der Waals surface area contributed by atoms with E-state index in [1.165, 1.54) is 18.2 Å². The normalized spacial score (nSPS) is 21.9. The minimum absolute atomic E-state index is 0.123. The van der Waals surface area contributed by atoms with E-state index in [1.54, 1.807) is 12.1 Å². The lowest BCUT2D eigenvalue weighted by Crippen LogP contribution is -2.28. The van der Waals surface area contributed by atoms with E-state index in [0.29, 0.717) is 23.8 Å². The third-order valence-corrected chi connectivity index (χ3v) is 4.98. The lowest BCUT2D eigenvalue weighted by atomic mass is 9.87. The Morgan fingerprint density at radius 1 is 1.08 bits per heavy atom. The molecule has 2 unspecified atom stereocenters. The molecule has 0 spiro atoms. The highest BCUT2D eigenvalue weighted by molar-refractivity contribution is 5.96. The van der Waals surface area contributed by atoms with Crippen molar-refractivity contribution in [1.29, 1.82) is 0 Å². The van der Waals surface area contributed by atoms with E-state index in [4.69, 9.17) is 4.74 Å². The number of rotatable bonds is 3. The van der Waals surface area contributed by atoms with Gasteiger partial charge in [0.2, 0.25) is 0 Å². The Bertz CT molecular complexity index is 805. The second-order valence-electron chi connectivity index (χ2n) is 6.47. The maximum Gasteiger partial charge on any atom is 0.251 e. The van der Waals surface area contributed by atoms with Gasteiger partial charge < -0.3 is 15.4 Å². The molecule has 4 nitrogen and oxygen atoms in total. The molecule has 6 heteroatoms. The van der Waals surface area contributed by atoms with Gasteiger partial charge in [0.25, 0.3) is 5.91 Å². The summed E-state index contributed by atoms with van der Waals surface area (Å²) in [5.41, 5.74) is 1.44. The van der Waals surface area contributed by atoms with Gasteiger partial charge in [-0.1, -0.05) is 12.1 Å². The van der Waals surface area contributed by atoms with Crippen LogP contribution in [0.25, 0.3) is 0 Å². The van der Waals surface area contributed by atoms with Crippen molar-refractivity contribution < 1.29 is 18.3 Å². The number of carbonyl (C=O) groups excluding carboxylic acids is 1. The van der Waals surface area contributed by atoms with Gasteiger partial charge in [-0.2, -0.15) is 0 Å². The average Bonchev–Trinajstić information content (AvgIpc) is 3.03. The number of fused-ring (bicyclic) bond motifs is 3. The summed E-state index contributed by atoms with van der Waals surface area (Å²) >= 11 is 0. The summed E-state index contributed by atoms with van der Waals surface area (Å²) in [6, 6.07) is 9.00. The molecule has 130 valence electrons. The van der Waals surface area contributed by atoms with Gasteiger partial charge in [-0.25, -0.2) is 8.78 Å². The summed E-state index contributed by atoms with van der Waals surface area (Å²) in [4.78, 5) is 12.4. The molecule has 1 amide bonds. The van der Waals surface area contributed by atoms with Crippen molar-refractivity contribution in [2.24, 2.45) is 5.92 Å². The van der Waals surface area contributed by atoms with E-state index in [2.05, 4.69) is 10.6 Å². The van der Waals surface area contributed by atoms with Crippen molar-refractivity contribution in [3.05, 3.63) is 64.7 Å². The fourth-order valence-electron chi connectivity index (χ4n) is 3.60. The van der Waals surface area contributed by atoms with Crippen molar-refractivity contribution in [1.82, 2.24) is 10.6 Å². The molecule has 0 aromatic heterocycles. The first-order valence-electron chi connectivity index (χ1n) is 8.32. The number of hydrogen-bond acceptors (Lipinski definition) is 3. The zero-order chi connectivity index (χ0) is 17.4. The molecule has 2 atom stereocenters. The molecular weight excluding hydrogens is 326 g/mol. The first-order valence-corrected chi connectivity index (χ1v) is 8.32. The molecule has 2 aliphatic rings. The van der Waals surface area contributed by atoms with Crippen LogP contribution in [0, 0.1) is 17.6 Å². The highest BCUT2D eigenvalue weighted by Gasteiger charge is 2.34. The van der Waals surface area contributed by atoms with Crippen molar-refractivity contribution in [2.75, 3.05) is 19.6 Å². The Morgan fingerprint density at radius 2 is 1.88 bits per heavy atom. The van der Waals surface area contributed by atoms with Crippen molar-refractivity contribution >= 4 is 5.91 Å². The Kier molecular flexibility index (Phi) is 4.13. The summed E-state index contributed by atoms with van der Waals surface area (Å²) in [6.45, 7) is 2.14. The molecule has 25 heavy (non-hydrogen) atoms. The molecule has 0 radical (unpaired) electrons. The molecule has 2 heterocycles. The zero-order valence-electron chi connectivity index (χ0n) is 13.5. The predicted molar refractivity (Wildman–Crippen MR) is 88.6 cm³/mol. The van der Waals surface area contributed by atoms with Gasteiger partial charge in [0.15, 0.2) is 0 Å². The highest BCUT2D eigenvalue weighted by atomic mass is 19.1. The van der Waals surface area contributed by atoms with Crippen LogP contribution in [0.4, 0.5) is 8.78 Å². The van der Waals surface area contributed by atoms with E-state index < -0.39 is 11.6 Å². The van der Waals surface area contributed by atoms with Crippen molar-refractivity contribution in [3.8, 4) is 5.75 Å². The maximum atomic E-state index is 13.7. The minimum Gasteiger partial charge on any atom is -0.489 e. The van der Waals surface area contributed by atoms with Gasteiger partial charge in [-0.05, 0) is 35.7 Å². The smallest absolute Gasteiger partial charge is 0.251 e. The van der Waals surface area contributed by atoms with Gasteiger partial charge in [0.1, 0.15) is 24.0 Å². The van der Waals surface area contributed by atoms with E-state index in [-0.39, 0.29) is 24.0 Å². The standard InChI is InChI=1S/C19H18F2N2O2/c20-17-2-1-3-18(21)16(17)10-25-12-4-5-13-14(6-12)19(24)23-8-11-7-22-9-15(11)13/h1-6,11,15,22H,7-10H2,(H,23,24). The Hall–Kier alpha value is -2.47. The first-order chi connectivity index (χ1) is 12.1. The molecule has 2 aliphatic heterocycles. The SMILES string of the molecule is O=C1NCC2CNCC2c2ccc(OCc3c(F)cccc3F)cc21. The maximum absolute atomic E-state index is 13.7. The summed E-state index contributed by atoms with van der Waals surface area (Å²) in [6.07, 6.45) is 0. The van der Waals surface area contributed by atoms with E-state index in [9.17, 15) is 13.6 Å². The molecule has 2 aromatic rings. The van der Waals surface area contributed by atoms with E-state index >= 15 is 0 Å². The van der Waals surface area contributed by atoms with E-state index in [0.717, 1.165) is 18.7 Å². The third kappa shape index (κ3) is 2.98. The lowest BCUT2D eigenvalue weighted by molar-refractivity contribution is 0.0952. The zero-order valence-corrected chi connectivity index (χ0v) is 13.5. The van der Waals surface area contributed by atoms with Crippen molar-refractivity contribution in [3.63, 3.8) is 0 Å². The van der Waals surface area contributed by atoms with Gasteiger partial charge in [0, 0.05) is 31.1 Å². The van der Waals surface area contributed by atoms with Crippen LogP contribution >= 0.6 is 0 Å². The molecule has 2 N–H and O–H groups in total. The molecule has 2 aromatic carbocycles. The number of nitrogens with one attached hydrogen (secondary N) is 2. The van der Waals surface area contributed by atoms with E-state index in [1.807, 2.05) is 6.07 Å². The Labute approximate surface area is 144 Å². The molecule has 0 saturated carbocycles. The largest absolute Gasteiger partial charge is 0.489 e. The predicted octanol–water partition coefficient (Wildman–Crippen LogP) is 2.59. The monoisotopic (exact) mass is 344 g/mol. The summed E-state index contributed by atoms with van der Waals surface area (Å²) < 4.78 is 32.9. The summed E-state index contributed by atoms with van der Waals surface area (Å²) in [7, 11) is 0. The van der Waals surface area contributed by atoms with Crippen LogP contribution < -0.4 is 15.4 Å². The number of amides is 1. The first kappa shape index (κ1) is 16.0. The molecular formula is C19H18F2N2O2. The molecule has 1 saturated heterocycles. The Balaban J connectivity index is 1.59. The van der Waals surface area contributed by atoms with Gasteiger partial charge in [-0.15, -0.1) is 0 Å². The van der Waals surface area contributed by atoms with Gasteiger partial charge in [-0.3, -0.25) is 4.79 Å². The number of halogens is 2. The minimum atomic E-state index is -0.646. The number of carbonyl (C=O) groups is 1. The van der Waals surface area contributed by atoms with Crippen LogP contribution in [0.1, 0.15) is 27.4 Å². The highest BCUT2D eigenvalue weighted by Crippen LogP contribution is 2.34. The topological polar surface area (TPSA) is 50.4 Å². The second-order valence-corrected chi connectivity index (χ2v) is 6.47. The number of hydrogen-bond donors (Lipinski definition) is 2. The van der Waals surface area contributed by atoms with Crippen LogP contribution in [0.15, 0.2) is 36.4 Å². The summed E-state index contributed by atoms with van der Waals surface area (Å²) in [5.74, 6) is -0.343. The molecule has 4 rings (SSSR count). The van der Waals surface area contributed by atoms with Crippen molar-refractivity contribution in [2.45, 2.75) is 12.5 Å².